The van der Waals surface area contributed by atoms with Crippen LogP contribution in [0.1, 0.15) is 0 Å². The van der Waals surface area contributed by atoms with Crippen LogP contribution in [-0.2, 0) is 0 Å². The number of rotatable bonds is 3. The van der Waals surface area contributed by atoms with Crippen LogP contribution >= 0.6 is 22.9 Å². The van der Waals surface area contributed by atoms with E-state index >= 15 is 0 Å². The Morgan fingerprint density at radius 2 is 2.10 bits per heavy atom. The molecule has 1 aromatic carbocycles. The minimum Gasteiger partial charge on any atom is -0.481 e. The molecule has 0 unspecified atom stereocenters. The Hall–Kier alpha value is -1.91. The molecule has 0 saturated carbocycles. The molecule has 0 aliphatic carbocycles. The van der Waals surface area contributed by atoms with Gasteiger partial charge in [-0.25, -0.2) is 9.97 Å². The highest BCUT2D eigenvalue weighted by atomic mass is 35.5. The van der Waals surface area contributed by atoms with E-state index in [2.05, 4.69) is 15.5 Å². The molecule has 0 amide bonds. The number of benzene rings is 1. The van der Waals surface area contributed by atoms with E-state index in [-0.39, 0.29) is 0 Å². The Morgan fingerprint density at radius 1 is 1.20 bits per heavy atom. The van der Waals surface area contributed by atoms with Crippen LogP contribution in [0.4, 0.5) is 0 Å². The third-order valence-corrected chi connectivity index (χ3v) is 3.68. The molecule has 2 aromatic heterocycles. The van der Waals surface area contributed by atoms with Crippen molar-refractivity contribution in [2.24, 2.45) is 0 Å². The van der Waals surface area contributed by atoms with Crippen molar-refractivity contribution in [2.75, 3.05) is 7.11 Å². The second-order valence-electron chi connectivity index (χ2n) is 4.10. The number of methoxy groups -OCH3 is 1. The van der Waals surface area contributed by atoms with Crippen molar-refractivity contribution in [1.82, 2.24) is 9.97 Å². The fraction of sp³-hybridized carbons (Fsp3) is 0.0667. The van der Waals surface area contributed by atoms with Crippen molar-refractivity contribution in [3.8, 4) is 28.3 Å². The minimum atomic E-state index is 0.589. The van der Waals surface area contributed by atoms with E-state index in [1.165, 1.54) is 11.3 Å². The molecule has 2 heterocycles. The Bertz CT molecular complexity index is 711. The van der Waals surface area contributed by atoms with Crippen LogP contribution in [0, 0.1) is 5.51 Å². The molecule has 0 aliphatic heterocycles. The lowest BCUT2D eigenvalue weighted by Gasteiger charge is -2.09. The van der Waals surface area contributed by atoms with Crippen LogP contribution in [0.15, 0.2) is 41.9 Å². The smallest absolute Gasteiger partial charge is 0.212 e. The van der Waals surface area contributed by atoms with E-state index < -0.39 is 0 Å². The van der Waals surface area contributed by atoms with Gasteiger partial charge < -0.3 is 4.74 Å². The second kappa shape index (κ2) is 5.61. The lowest BCUT2D eigenvalue weighted by Crippen LogP contribution is -1.89. The van der Waals surface area contributed by atoms with Crippen molar-refractivity contribution in [3.63, 3.8) is 0 Å². The predicted molar refractivity (Wildman–Crippen MR) is 81.2 cm³/mol. The average molecular weight is 302 g/mol. The first kappa shape index (κ1) is 13.1. The molecule has 0 spiro atoms. The molecule has 0 fully saturated rings. The second-order valence-corrected chi connectivity index (χ2v) is 5.19. The Balaban J connectivity index is 2.13. The van der Waals surface area contributed by atoms with Crippen molar-refractivity contribution in [3.05, 3.63) is 52.4 Å². The lowest BCUT2D eigenvalue weighted by molar-refractivity contribution is 0.398. The van der Waals surface area contributed by atoms with Crippen LogP contribution in [-0.4, -0.2) is 17.1 Å². The normalized spacial score (nSPS) is 10.5. The Morgan fingerprint density at radius 3 is 2.75 bits per heavy atom. The Labute approximate surface area is 125 Å². The van der Waals surface area contributed by atoms with Crippen molar-refractivity contribution in [1.29, 1.82) is 0 Å². The van der Waals surface area contributed by atoms with Gasteiger partial charge in [-0.15, -0.1) is 11.3 Å². The summed E-state index contributed by atoms with van der Waals surface area (Å²) in [6.07, 6.45) is 1.78. The van der Waals surface area contributed by atoms with Gasteiger partial charge in [0.15, 0.2) is 5.51 Å². The van der Waals surface area contributed by atoms with Gasteiger partial charge in [0.1, 0.15) is 0 Å². The maximum atomic E-state index is 6.10. The molecule has 1 radical (unpaired) electrons. The summed E-state index contributed by atoms with van der Waals surface area (Å²) in [4.78, 5) is 8.47. The number of hydrogen-bond acceptors (Lipinski definition) is 4. The van der Waals surface area contributed by atoms with Gasteiger partial charge in [-0.05, 0) is 23.8 Å². The minimum absolute atomic E-state index is 0.589. The van der Waals surface area contributed by atoms with Crippen LogP contribution in [0.25, 0.3) is 22.4 Å². The first-order valence-corrected chi connectivity index (χ1v) is 7.15. The number of pyridine rings is 1. The molecule has 0 bridgehead atoms. The van der Waals surface area contributed by atoms with Gasteiger partial charge in [0.2, 0.25) is 5.88 Å². The van der Waals surface area contributed by atoms with Crippen LogP contribution < -0.4 is 4.74 Å². The number of thiazole rings is 1. The first-order chi connectivity index (χ1) is 9.78. The highest BCUT2D eigenvalue weighted by Crippen LogP contribution is 2.34. The third-order valence-electron chi connectivity index (χ3n) is 2.90. The zero-order valence-electron chi connectivity index (χ0n) is 10.6. The summed E-state index contributed by atoms with van der Waals surface area (Å²) in [5, 5.41) is 2.63. The number of hydrogen-bond donors (Lipinski definition) is 0. The summed E-state index contributed by atoms with van der Waals surface area (Å²) in [7, 11) is 1.60. The number of halogens is 1. The molecule has 0 aliphatic rings. The van der Waals surface area contributed by atoms with Crippen LogP contribution in [0.2, 0.25) is 5.02 Å². The fourth-order valence-electron chi connectivity index (χ4n) is 1.95. The van der Waals surface area contributed by atoms with E-state index in [1.807, 2.05) is 35.7 Å². The fourth-order valence-corrected chi connectivity index (χ4v) is 2.62. The standard InChI is InChI=1S/C15H10ClN2OS/c1-19-15-5-2-10(7-17-15)12-4-3-11(16)6-13(12)14-8-20-9-18-14/h2-8H,1H3. The maximum absolute atomic E-state index is 6.10. The van der Waals surface area contributed by atoms with Gasteiger partial charge in [0.05, 0.1) is 12.8 Å². The molecule has 5 heteroatoms. The molecule has 99 valence electrons. The first-order valence-electron chi connectivity index (χ1n) is 5.90. The van der Waals surface area contributed by atoms with Gasteiger partial charge in [-0.3, -0.25) is 0 Å². The molecule has 0 saturated heterocycles. The van der Waals surface area contributed by atoms with Crippen LogP contribution in [0.3, 0.4) is 0 Å². The zero-order chi connectivity index (χ0) is 13.9. The Kier molecular flexibility index (Phi) is 3.67. The van der Waals surface area contributed by atoms with E-state index in [9.17, 15) is 0 Å². The van der Waals surface area contributed by atoms with Gasteiger partial charge in [0.25, 0.3) is 0 Å². The zero-order valence-corrected chi connectivity index (χ0v) is 12.2. The lowest BCUT2D eigenvalue weighted by atomic mass is 9.99. The molecular formula is C15H10ClN2OS. The molecule has 3 nitrogen and oxygen atoms in total. The number of nitrogens with zero attached hydrogens (tertiary/aromatic N) is 2. The van der Waals surface area contributed by atoms with Gasteiger partial charge >= 0.3 is 0 Å². The van der Waals surface area contributed by atoms with Crippen LogP contribution in [0.5, 0.6) is 5.88 Å². The van der Waals surface area contributed by atoms with Crippen molar-refractivity contribution < 1.29 is 4.74 Å². The topological polar surface area (TPSA) is 35.0 Å². The SMILES string of the molecule is COc1ccc(-c2ccc(Cl)cc2-c2cs[c]n2)cn1. The average Bonchev–Trinajstić information content (AvgIpc) is 3.01. The summed E-state index contributed by atoms with van der Waals surface area (Å²) in [5.41, 5.74) is 6.72. The number of ether oxygens (including phenoxy) is 1. The van der Waals surface area contributed by atoms with E-state index in [0.29, 0.717) is 10.9 Å². The highest BCUT2D eigenvalue weighted by molar-refractivity contribution is 7.07. The molecule has 0 atom stereocenters. The molecule has 20 heavy (non-hydrogen) atoms. The summed E-state index contributed by atoms with van der Waals surface area (Å²) in [6, 6.07) is 9.54. The van der Waals surface area contributed by atoms with E-state index in [0.717, 1.165) is 22.4 Å². The quantitative estimate of drug-likeness (QED) is 0.722. The van der Waals surface area contributed by atoms with Gasteiger partial charge in [-0.1, -0.05) is 17.7 Å². The highest BCUT2D eigenvalue weighted by Gasteiger charge is 2.10. The molecule has 0 N–H and O–H groups in total. The summed E-state index contributed by atoms with van der Waals surface area (Å²) in [5.74, 6) is 0.589. The van der Waals surface area contributed by atoms with Crippen molar-refractivity contribution >= 4 is 22.9 Å². The van der Waals surface area contributed by atoms with E-state index in [4.69, 9.17) is 16.3 Å². The summed E-state index contributed by atoms with van der Waals surface area (Å²) < 4.78 is 5.08. The monoisotopic (exact) mass is 301 g/mol. The van der Waals surface area contributed by atoms with Gasteiger partial charge in [-0.2, -0.15) is 0 Å². The van der Waals surface area contributed by atoms with Crippen molar-refractivity contribution in [2.45, 2.75) is 0 Å². The summed E-state index contributed by atoms with van der Waals surface area (Å²) in [6.45, 7) is 0. The van der Waals surface area contributed by atoms with Gasteiger partial charge in [0, 0.05) is 33.8 Å². The molecule has 3 rings (SSSR count). The maximum Gasteiger partial charge on any atom is 0.212 e. The number of aromatic nitrogens is 2. The third kappa shape index (κ3) is 2.53. The van der Waals surface area contributed by atoms with E-state index in [1.54, 1.807) is 13.3 Å². The largest absolute Gasteiger partial charge is 0.481 e. The summed E-state index contributed by atoms with van der Waals surface area (Å²) >= 11 is 7.53. The molecule has 3 aromatic rings. The predicted octanol–water partition coefficient (Wildman–Crippen LogP) is 4.33. The molecular weight excluding hydrogens is 292 g/mol.